The van der Waals surface area contributed by atoms with E-state index in [1.54, 1.807) is 25.2 Å². The summed E-state index contributed by atoms with van der Waals surface area (Å²) in [5.74, 6) is 0. The Morgan fingerprint density at radius 3 is 2.45 bits per heavy atom. The zero-order valence-electron chi connectivity index (χ0n) is 18.0. The molecule has 1 aliphatic heterocycles. The number of amides is 1. The van der Waals surface area contributed by atoms with Crippen LogP contribution in [0.5, 0.6) is 0 Å². The van der Waals surface area contributed by atoms with Crippen LogP contribution < -0.4 is 4.31 Å². The lowest BCUT2D eigenvalue weighted by molar-refractivity contribution is 0.102. The van der Waals surface area contributed by atoms with E-state index in [4.69, 9.17) is 16.3 Å². The highest BCUT2D eigenvalue weighted by molar-refractivity contribution is 7.92. The number of hydrogen-bond donors (Lipinski definition) is 0. The van der Waals surface area contributed by atoms with Gasteiger partial charge in [-0.3, -0.25) is 4.31 Å². The Bertz CT molecular complexity index is 1010. The number of benzene rings is 2. The molecule has 1 amide bonds. The van der Waals surface area contributed by atoms with E-state index in [1.165, 1.54) is 21.3 Å². The highest BCUT2D eigenvalue weighted by Gasteiger charge is 2.36. The summed E-state index contributed by atoms with van der Waals surface area (Å²) < 4.78 is 34.0. The van der Waals surface area contributed by atoms with Gasteiger partial charge in [-0.25, -0.2) is 13.2 Å². The normalized spacial score (nSPS) is 16.2. The van der Waals surface area contributed by atoms with Crippen molar-refractivity contribution < 1.29 is 17.9 Å². The van der Waals surface area contributed by atoms with Crippen LogP contribution in [-0.4, -0.2) is 71.2 Å². The van der Waals surface area contributed by atoms with E-state index < -0.39 is 22.2 Å². The second-order valence-corrected chi connectivity index (χ2v) is 10.1. The predicted octanol–water partition coefficient (Wildman–Crippen LogP) is 3.48. The molecule has 0 saturated carbocycles. The average molecular weight is 466 g/mol. The second kappa shape index (κ2) is 9.89. The molecule has 0 aliphatic carbocycles. The molecule has 168 valence electrons. The molecule has 1 unspecified atom stereocenters. The molecular weight excluding hydrogens is 438 g/mol. The second-order valence-electron chi connectivity index (χ2n) is 7.88. The Balaban J connectivity index is 1.84. The Morgan fingerprint density at radius 2 is 1.77 bits per heavy atom. The Kier molecular flexibility index (Phi) is 7.46. The van der Waals surface area contributed by atoms with E-state index in [-0.39, 0.29) is 11.5 Å². The van der Waals surface area contributed by atoms with Gasteiger partial charge in [0, 0.05) is 25.2 Å². The summed E-state index contributed by atoms with van der Waals surface area (Å²) in [6, 6.07) is 13.0. The van der Waals surface area contributed by atoms with Gasteiger partial charge >= 0.3 is 6.09 Å². The average Bonchev–Trinajstić information content (AvgIpc) is 2.75. The van der Waals surface area contributed by atoms with Crippen molar-refractivity contribution in [1.82, 2.24) is 9.80 Å². The molecule has 1 aliphatic rings. The molecule has 0 radical (unpaired) electrons. The smallest absolute Gasteiger partial charge is 0.409 e. The minimum Gasteiger partial charge on any atom is -0.447 e. The third kappa shape index (κ3) is 5.50. The van der Waals surface area contributed by atoms with Gasteiger partial charge < -0.3 is 14.5 Å². The first-order valence-electron chi connectivity index (χ1n) is 10.1. The number of carbonyl (C=O) groups is 1. The number of rotatable bonds is 7. The number of ether oxygens (including phenoxy) is 1. The van der Waals surface area contributed by atoms with Crippen LogP contribution in [0.15, 0.2) is 53.4 Å². The maximum atomic E-state index is 13.6. The summed E-state index contributed by atoms with van der Waals surface area (Å²) in [4.78, 5) is 16.0. The molecule has 7 nitrogen and oxygen atoms in total. The largest absolute Gasteiger partial charge is 0.447 e. The van der Waals surface area contributed by atoms with Gasteiger partial charge in [0.2, 0.25) is 0 Å². The number of nitrogens with zero attached hydrogens (tertiary/aromatic N) is 3. The van der Waals surface area contributed by atoms with E-state index in [1.807, 2.05) is 37.2 Å². The van der Waals surface area contributed by atoms with Crippen molar-refractivity contribution in [2.75, 3.05) is 45.1 Å². The number of aryl methyl sites for hydroxylation is 1. The van der Waals surface area contributed by atoms with E-state index in [0.29, 0.717) is 36.6 Å². The fourth-order valence-electron chi connectivity index (χ4n) is 3.49. The SMILES string of the molecule is CN(C)CCN(C)C(=O)OCC1CCc2ccccc2N1S(=O)(=O)c1ccc(Cl)cc1. The van der Waals surface area contributed by atoms with Crippen molar-refractivity contribution in [2.24, 2.45) is 0 Å². The molecule has 3 rings (SSSR count). The molecule has 0 bridgehead atoms. The van der Waals surface area contributed by atoms with Gasteiger partial charge in [-0.1, -0.05) is 29.8 Å². The van der Waals surface area contributed by atoms with Crippen LogP contribution >= 0.6 is 11.6 Å². The predicted molar refractivity (Wildman–Crippen MR) is 122 cm³/mol. The van der Waals surface area contributed by atoms with Crippen molar-refractivity contribution in [1.29, 1.82) is 0 Å². The Hall–Kier alpha value is -2.29. The first kappa shape index (κ1) is 23.4. The number of anilines is 1. The van der Waals surface area contributed by atoms with Gasteiger partial charge in [0.1, 0.15) is 6.61 Å². The number of fused-ring (bicyclic) bond motifs is 1. The topological polar surface area (TPSA) is 70.2 Å². The first-order chi connectivity index (χ1) is 14.7. The zero-order chi connectivity index (χ0) is 22.6. The van der Waals surface area contributed by atoms with Crippen LogP contribution in [0, 0.1) is 0 Å². The monoisotopic (exact) mass is 465 g/mol. The van der Waals surface area contributed by atoms with Gasteiger partial charge in [0.15, 0.2) is 0 Å². The van der Waals surface area contributed by atoms with E-state index in [9.17, 15) is 13.2 Å². The minimum absolute atomic E-state index is 0.0215. The molecule has 31 heavy (non-hydrogen) atoms. The molecule has 0 aromatic heterocycles. The molecule has 2 aromatic carbocycles. The summed E-state index contributed by atoms with van der Waals surface area (Å²) in [5, 5.41) is 0.462. The quantitative estimate of drug-likeness (QED) is 0.626. The van der Waals surface area contributed by atoms with Crippen molar-refractivity contribution in [3.63, 3.8) is 0 Å². The van der Waals surface area contributed by atoms with Crippen LogP contribution in [0.25, 0.3) is 0 Å². The number of carbonyl (C=O) groups excluding carboxylic acids is 1. The van der Waals surface area contributed by atoms with Crippen molar-refractivity contribution in [3.8, 4) is 0 Å². The molecule has 1 atom stereocenters. The maximum Gasteiger partial charge on any atom is 0.409 e. The van der Waals surface area contributed by atoms with Crippen molar-refractivity contribution in [3.05, 3.63) is 59.1 Å². The van der Waals surface area contributed by atoms with E-state index >= 15 is 0 Å². The summed E-state index contributed by atoms with van der Waals surface area (Å²) in [6.45, 7) is 1.21. The van der Waals surface area contributed by atoms with Crippen molar-refractivity contribution >= 4 is 33.4 Å². The summed E-state index contributed by atoms with van der Waals surface area (Å²) in [5.41, 5.74) is 1.57. The Morgan fingerprint density at radius 1 is 1.10 bits per heavy atom. The minimum atomic E-state index is -3.87. The van der Waals surface area contributed by atoms with Gasteiger partial charge in [0.25, 0.3) is 10.0 Å². The molecule has 9 heteroatoms. The highest BCUT2D eigenvalue weighted by atomic mass is 35.5. The van der Waals surface area contributed by atoms with E-state index in [0.717, 1.165) is 5.56 Å². The molecule has 0 spiro atoms. The zero-order valence-corrected chi connectivity index (χ0v) is 19.6. The number of sulfonamides is 1. The highest BCUT2D eigenvalue weighted by Crippen LogP contribution is 2.35. The van der Waals surface area contributed by atoms with Crippen LogP contribution in [-0.2, 0) is 21.2 Å². The maximum absolute atomic E-state index is 13.6. The number of hydrogen-bond acceptors (Lipinski definition) is 5. The third-order valence-corrected chi connectivity index (χ3v) is 7.40. The van der Waals surface area contributed by atoms with Crippen LogP contribution in [0.4, 0.5) is 10.5 Å². The van der Waals surface area contributed by atoms with Crippen LogP contribution in [0.3, 0.4) is 0 Å². The number of likely N-dealkylation sites (N-methyl/N-ethyl adjacent to an activating group) is 2. The summed E-state index contributed by atoms with van der Waals surface area (Å²) in [6.07, 6.45) is 0.796. The van der Waals surface area contributed by atoms with Gasteiger partial charge in [0.05, 0.1) is 16.6 Å². The molecule has 0 N–H and O–H groups in total. The standard InChI is InChI=1S/C22H28ClN3O4S/c1-24(2)14-15-25(3)22(27)30-16-19-11-8-17-6-4-5-7-21(17)26(19)31(28,29)20-12-9-18(23)10-13-20/h4-7,9-10,12-13,19H,8,11,14-16H2,1-3H3. The van der Waals surface area contributed by atoms with Crippen LogP contribution in [0.2, 0.25) is 5.02 Å². The summed E-state index contributed by atoms with van der Waals surface area (Å²) >= 11 is 5.94. The van der Waals surface area contributed by atoms with Crippen LogP contribution in [0.1, 0.15) is 12.0 Å². The lowest BCUT2D eigenvalue weighted by Gasteiger charge is -2.37. The lowest BCUT2D eigenvalue weighted by Crippen LogP contribution is -2.47. The van der Waals surface area contributed by atoms with Gasteiger partial charge in [-0.05, 0) is 62.8 Å². The molecule has 0 fully saturated rings. The van der Waals surface area contributed by atoms with Crippen molar-refractivity contribution in [2.45, 2.75) is 23.8 Å². The summed E-state index contributed by atoms with van der Waals surface area (Å²) in [7, 11) is 1.66. The number of para-hydroxylation sites is 1. The molecule has 2 aromatic rings. The molecule has 1 heterocycles. The third-order valence-electron chi connectivity index (χ3n) is 5.27. The number of halogens is 1. The van der Waals surface area contributed by atoms with Gasteiger partial charge in [-0.2, -0.15) is 0 Å². The first-order valence-corrected chi connectivity index (χ1v) is 11.9. The van der Waals surface area contributed by atoms with E-state index in [2.05, 4.69) is 0 Å². The Labute approximate surface area is 189 Å². The molecular formula is C22H28ClN3O4S. The lowest BCUT2D eigenvalue weighted by atomic mass is 9.98. The van der Waals surface area contributed by atoms with Gasteiger partial charge in [-0.15, -0.1) is 0 Å². The fraction of sp³-hybridized carbons (Fsp3) is 0.409. The fourth-order valence-corrected chi connectivity index (χ4v) is 5.32. The molecule has 0 saturated heterocycles.